The Morgan fingerprint density at radius 3 is 2.29 bits per heavy atom. The highest BCUT2D eigenvalue weighted by atomic mass is 32.2. The summed E-state index contributed by atoms with van der Waals surface area (Å²) < 4.78 is 33.0. The summed E-state index contributed by atoms with van der Waals surface area (Å²) in [5, 5.41) is 2.87. The first-order valence-corrected chi connectivity index (χ1v) is 10.9. The fourth-order valence-corrected chi connectivity index (χ4v) is 4.31. The van der Waals surface area contributed by atoms with E-state index in [2.05, 4.69) is 5.32 Å². The highest BCUT2D eigenvalue weighted by Crippen LogP contribution is 2.25. The number of nitrogens with zero attached hydrogens (tertiary/aromatic N) is 1. The van der Waals surface area contributed by atoms with E-state index in [9.17, 15) is 13.2 Å². The molecule has 0 aliphatic rings. The summed E-state index contributed by atoms with van der Waals surface area (Å²) >= 11 is 0. The number of carbonyl (C=O) groups is 1. The molecule has 0 aliphatic heterocycles. The van der Waals surface area contributed by atoms with Gasteiger partial charge in [0.15, 0.2) is 0 Å². The molecule has 0 radical (unpaired) electrons. The van der Waals surface area contributed by atoms with Crippen molar-refractivity contribution >= 4 is 21.6 Å². The van der Waals surface area contributed by atoms with Crippen molar-refractivity contribution in [1.82, 2.24) is 5.32 Å². The van der Waals surface area contributed by atoms with Crippen LogP contribution in [0, 0.1) is 0 Å². The molecule has 0 heterocycles. The number of benzene rings is 2. The van der Waals surface area contributed by atoms with E-state index in [1.54, 1.807) is 42.5 Å². The molecule has 0 aromatic heterocycles. The standard InChI is InChI=1S/C21H28N2O4S/c1-4-9-17(3)22-21(24)16-23(18-12-14-19(15-13-18)27-5-2)28(25,26)20-10-7-6-8-11-20/h6-8,10-15,17H,4-5,9,16H2,1-3H3,(H,22,24)/t17-/m1/s1. The molecule has 0 fully saturated rings. The van der Waals surface area contributed by atoms with E-state index < -0.39 is 10.0 Å². The van der Waals surface area contributed by atoms with Crippen LogP contribution in [0.15, 0.2) is 59.5 Å². The second-order valence-corrected chi connectivity index (χ2v) is 8.37. The largest absolute Gasteiger partial charge is 0.494 e. The molecule has 6 nitrogen and oxygen atoms in total. The van der Waals surface area contributed by atoms with Gasteiger partial charge in [-0.1, -0.05) is 31.5 Å². The van der Waals surface area contributed by atoms with Gasteiger partial charge in [-0.3, -0.25) is 9.10 Å². The zero-order valence-corrected chi connectivity index (χ0v) is 17.4. The molecule has 7 heteroatoms. The fraction of sp³-hybridized carbons (Fsp3) is 0.381. The van der Waals surface area contributed by atoms with Gasteiger partial charge in [0.1, 0.15) is 12.3 Å². The van der Waals surface area contributed by atoms with Crippen LogP contribution in [0.5, 0.6) is 5.75 Å². The summed E-state index contributed by atoms with van der Waals surface area (Å²) in [5.41, 5.74) is 0.408. The van der Waals surface area contributed by atoms with Gasteiger partial charge in [-0.25, -0.2) is 8.42 Å². The molecule has 0 aliphatic carbocycles. The van der Waals surface area contributed by atoms with Gasteiger partial charge in [-0.2, -0.15) is 0 Å². The van der Waals surface area contributed by atoms with Crippen molar-refractivity contribution in [2.45, 2.75) is 44.6 Å². The monoisotopic (exact) mass is 404 g/mol. The van der Waals surface area contributed by atoms with E-state index in [4.69, 9.17) is 4.74 Å². The molecule has 1 atom stereocenters. The number of hydrogen-bond donors (Lipinski definition) is 1. The first-order chi connectivity index (χ1) is 13.4. The van der Waals surface area contributed by atoms with E-state index in [-0.39, 0.29) is 23.4 Å². The lowest BCUT2D eigenvalue weighted by atomic mass is 10.2. The van der Waals surface area contributed by atoms with Crippen molar-refractivity contribution in [2.24, 2.45) is 0 Å². The number of sulfonamides is 1. The van der Waals surface area contributed by atoms with Crippen molar-refractivity contribution < 1.29 is 17.9 Å². The van der Waals surface area contributed by atoms with Gasteiger partial charge in [0, 0.05) is 6.04 Å². The van der Waals surface area contributed by atoms with Gasteiger partial charge in [-0.15, -0.1) is 0 Å². The van der Waals surface area contributed by atoms with E-state index in [1.165, 1.54) is 12.1 Å². The maximum absolute atomic E-state index is 13.2. The third-order valence-corrected chi connectivity index (χ3v) is 5.97. The molecule has 1 amide bonds. The zero-order valence-electron chi connectivity index (χ0n) is 16.6. The summed E-state index contributed by atoms with van der Waals surface area (Å²) in [7, 11) is -3.89. The molecule has 28 heavy (non-hydrogen) atoms. The molecule has 0 spiro atoms. The molecule has 0 saturated heterocycles. The smallest absolute Gasteiger partial charge is 0.264 e. The summed E-state index contributed by atoms with van der Waals surface area (Å²) in [5.74, 6) is 0.304. The van der Waals surface area contributed by atoms with Crippen LogP contribution in [0.4, 0.5) is 5.69 Å². The zero-order chi connectivity index (χ0) is 20.6. The summed E-state index contributed by atoms with van der Waals surface area (Å²) in [6, 6.07) is 14.8. The van der Waals surface area contributed by atoms with Crippen LogP contribution in [-0.4, -0.2) is 33.5 Å². The Bertz CT molecular complexity index is 852. The Hall–Kier alpha value is -2.54. The SMILES string of the molecule is CCC[C@@H](C)NC(=O)CN(c1ccc(OCC)cc1)S(=O)(=O)c1ccccc1. The van der Waals surface area contributed by atoms with Crippen molar-refractivity contribution in [3.63, 3.8) is 0 Å². The summed E-state index contributed by atoms with van der Waals surface area (Å²) in [6.45, 7) is 6.05. The van der Waals surface area contributed by atoms with Crippen molar-refractivity contribution in [1.29, 1.82) is 0 Å². The highest BCUT2D eigenvalue weighted by Gasteiger charge is 2.27. The van der Waals surface area contributed by atoms with Gasteiger partial charge >= 0.3 is 0 Å². The van der Waals surface area contributed by atoms with Crippen molar-refractivity contribution in [3.05, 3.63) is 54.6 Å². The molecule has 2 aromatic rings. The van der Waals surface area contributed by atoms with Crippen LogP contribution in [0.2, 0.25) is 0 Å². The Kier molecular flexibility index (Phi) is 7.87. The molecule has 0 bridgehead atoms. The van der Waals surface area contributed by atoms with E-state index in [0.29, 0.717) is 18.0 Å². The van der Waals surface area contributed by atoms with Gasteiger partial charge in [-0.05, 0) is 56.7 Å². The first kappa shape index (κ1) is 21.8. The normalized spacial score (nSPS) is 12.2. The fourth-order valence-electron chi connectivity index (χ4n) is 2.87. The molecular weight excluding hydrogens is 376 g/mol. The Morgan fingerprint density at radius 2 is 1.71 bits per heavy atom. The average molecular weight is 405 g/mol. The van der Waals surface area contributed by atoms with Crippen LogP contribution in [0.25, 0.3) is 0 Å². The predicted octanol–water partition coefficient (Wildman–Crippen LogP) is 3.59. The van der Waals surface area contributed by atoms with Gasteiger partial charge in [0.25, 0.3) is 10.0 Å². The minimum Gasteiger partial charge on any atom is -0.494 e. The molecule has 152 valence electrons. The molecular formula is C21H28N2O4S. The lowest BCUT2D eigenvalue weighted by molar-refractivity contribution is -0.120. The Balaban J connectivity index is 2.34. The quantitative estimate of drug-likeness (QED) is 0.657. The summed E-state index contributed by atoms with van der Waals surface area (Å²) in [6.07, 6.45) is 1.77. The number of ether oxygens (including phenoxy) is 1. The second kappa shape index (κ2) is 10.1. The van der Waals surface area contributed by atoms with E-state index in [0.717, 1.165) is 17.1 Å². The third kappa shape index (κ3) is 5.73. The highest BCUT2D eigenvalue weighted by molar-refractivity contribution is 7.92. The minimum absolute atomic E-state index is 0.0147. The topological polar surface area (TPSA) is 75.7 Å². The molecule has 2 rings (SSSR count). The number of rotatable bonds is 10. The summed E-state index contributed by atoms with van der Waals surface area (Å²) in [4.78, 5) is 12.7. The molecule has 0 saturated carbocycles. The van der Waals surface area contributed by atoms with E-state index >= 15 is 0 Å². The lowest BCUT2D eigenvalue weighted by Gasteiger charge is -2.25. The van der Waals surface area contributed by atoms with Crippen LogP contribution in [0.1, 0.15) is 33.6 Å². The molecule has 1 N–H and O–H groups in total. The predicted molar refractivity (Wildman–Crippen MR) is 111 cm³/mol. The van der Waals surface area contributed by atoms with Crippen LogP contribution in [-0.2, 0) is 14.8 Å². The Labute approximate surface area is 167 Å². The van der Waals surface area contributed by atoms with Gasteiger partial charge < -0.3 is 10.1 Å². The van der Waals surface area contributed by atoms with Gasteiger partial charge in [0.2, 0.25) is 5.91 Å². The van der Waals surface area contributed by atoms with Crippen LogP contribution in [0.3, 0.4) is 0 Å². The van der Waals surface area contributed by atoms with Crippen LogP contribution < -0.4 is 14.4 Å². The minimum atomic E-state index is -3.89. The number of anilines is 1. The maximum Gasteiger partial charge on any atom is 0.264 e. The second-order valence-electron chi connectivity index (χ2n) is 6.51. The molecule has 0 unspecified atom stereocenters. The maximum atomic E-state index is 13.2. The lowest BCUT2D eigenvalue weighted by Crippen LogP contribution is -2.43. The average Bonchev–Trinajstić information content (AvgIpc) is 2.68. The number of nitrogens with one attached hydrogen (secondary N) is 1. The van der Waals surface area contributed by atoms with Gasteiger partial charge in [0.05, 0.1) is 17.2 Å². The molecule has 2 aromatic carbocycles. The number of hydrogen-bond acceptors (Lipinski definition) is 4. The third-order valence-electron chi connectivity index (χ3n) is 4.18. The first-order valence-electron chi connectivity index (χ1n) is 9.48. The number of carbonyl (C=O) groups excluding carboxylic acids is 1. The van der Waals surface area contributed by atoms with Crippen molar-refractivity contribution in [2.75, 3.05) is 17.5 Å². The van der Waals surface area contributed by atoms with Crippen LogP contribution >= 0.6 is 0 Å². The number of amides is 1. The Morgan fingerprint density at radius 1 is 1.07 bits per heavy atom. The van der Waals surface area contributed by atoms with E-state index in [1.807, 2.05) is 20.8 Å². The van der Waals surface area contributed by atoms with Crippen molar-refractivity contribution in [3.8, 4) is 5.75 Å².